The second-order valence-corrected chi connectivity index (χ2v) is 3.29. The average Bonchev–Trinajstić information content (AvgIpc) is 1.87. The van der Waals surface area contributed by atoms with Gasteiger partial charge in [-0.1, -0.05) is 33.9 Å². The van der Waals surface area contributed by atoms with Gasteiger partial charge in [0.05, 0.1) is 0 Å². The maximum absolute atomic E-state index is 3.49. The van der Waals surface area contributed by atoms with E-state index >= 15 is 0 Å². The largest absolute Gasteiger partial charge is 0.110 e. The topological polar surface area (TPSA) is 0 Å². The summed E-state index contributed by atoms with van der Waals surface area (Å²) < 4.78 is 0. The summed E-state index contributed by atoms with van der Waals surface area (Å²) in [6.45, 7) is 0. The molecule has 0 bridgehead atoms. The van der Waals surface area contributed by atoms with E-state index in [9.17, 15) is 0 Å². The van der Waals surface area contributed by atoms with Gasteiger partial charge in [-0.3, -0.25) is 0 Å². The van der Waals surface area contributed by atoms with Crippen molar-refractivity contribution in [1.82, 2.24) is 0 Å². The first-order valence-corrected chi connectivity index (χ1v) is 3.53. The molecule has 0 aliphatic heterocycles. The molecule has 0 aromatic rings. The Balaban J connectivity index is 2.42. The molecule has 1 aliphatic carbocycles. The number of halogens is 1. The van der Waals surface area contributed by atoms with E-state index in [0.717, 1.165) is 5.82 Å². The zero-order valence-corrected chi connectivity index (χ0v) is 5.98. The van der Waals surface area contributed by atoms with Gasteiger partial charge in [-0.15, -0.1) is 0 Å². The maximum atomic E-state index is 3.49. The summed E-state index contributed by atoms with van der Waals surface area (Å²) in [7, 11) is 2.23. The SMILES string of the molecule is B[C@H]1C=C[C@@H](Br)C1. The first-order chi connectivity index (χ1) is 3.29. The fourth-order valence-corrected chi connectivity index (χ4v) is 1.59. The van der Waals surface area contributed by atoms with Crippen LogP contribution in [0.5, 0.6) is 0 Å². The highest BCUT2D eigenvalue weighted by atomic mass is 79.9. The Morgan fingerprint density at radius 3 is 2.43 bits per heavy atom. The smallest absolute Gasteiger partial charge is 0.0922 e. The van der Waals surface area contributed by atoms with Gasteiger partial charge in [0.2, 0.25) is 0 Å². The Hall–Kier alpha value is 0.285. The predicted octanol–water partition coefficient (Wildman–Crippen LogP) is 1.13. The summed E-state index contributed by atoms with van der Waals surface area (Å²) in [5, 5.41) is 0. The molecule has 0 saturated heterocycles. The minimum atomic E-state index is 0.655. The molecule has 0 aromatic heterocycles. The van der Waals surface area contributed by atoms with Gasteiger partial charge in [0.1, 0.15) is 7.85 Å². The van der Waals surface area contributed by atoms with E-state index < -0.39 is 0 Å². The third kappa shape index (κ3) is 1.34. The Labute approximate surface area is 53.5 Å². The van der Waals surface area contributed by atoms with Gasteiger partial charge in [0.25, 0.3) is 0 Å². The Kier molecular flexibility index (Phi) is 1.58. The lowest BCUT2D eigenvalue weighted by molar-refractivity contribution is 0.950. The van der Waals surface area contributed by atoms with Crippen LogP contribution in [0.25, 0.3) is 0 Å². The van der Waals surface area contributed by atoms with Crippen molar-refractivity contribution < 1.29 is 0 Å². The molecule has 0 unspecified atom stereocenters. The van der Waals surface area contributed by atoms with E-state index in [4.69, 9.17) is 0 Å². The molecule has 0 nitrogen and oxygen atoms in total. The van der Waals surface area contributed by atoms with Crippen LogP contribution in [0.15, 0.2) is 12.2 Å². The van der Waals surface area contributed by atoms with Crippen LogP contribution in [-0.2, 0) is 0 Å². The molecule has 0 radical (unpaired) electrons. The predicted molar refractivity (Wildman–Crippen MR) is 38.8 cm³/mol. The van der Waals surface area contributed by atoms with E-state index in [1.165, 1.54) is 6.42 Å². The van der Waals surface area contributed by atoms with Gasteiger partial charge >= 0.3 is 0 Å². The number of hydrogen-bond donors (Lipinski definition) is 0. The van der Waals surface area contributed by atoms with Gasteiger partial charge in [-0.05, 0) is 6.42 Å². The molecular weight excluding hydrogens is 151 g/mol. The summed E-state index contributed by atoms with van der Waals surface area (Å²) in [5.74, 6) is 0.796. The maximum Gasteiger partial charge on any atom is 0.110 e. The van der Waals surface area contributed by atoms with E-state index in [1.807, 2.05) is 0 Å². The summed E-state index contributed by atoms with van der Waals surface area (Å²) in [5.41, 5.74) is 0. The van der Waals surface area contributed by atoms with E-state index in [2.05, 4.69) is 35.9 Å². The van der Waals surface area contributed by atoms with E-state index in [0.29, 0.717) is 4.83 Å². The fraction of sp³-hybridized carbons (Fsp3) is 0.600. The summed E-state index contributed by atoms with van der Waals surface area (Å²) in [4.78, 5) is 0.655. The highest BCUT2D eigenvalue weighted by molar-refractivity contribution is 9.09. The lowest BCUT2D eigenvalue weighted by Gasteiger charge is -1.95. The van der Waals surface area contributed by atoms with E-state index in [1.54, 1.807) is 0 Å². The van der Waals surface area contributed by atoms with Crippen LogP contribution >= 0.6 is 15.9 Å². The Morgan fingerprint density at radius 1 is 1.57 bits per heavy atom. The second kappa shape index (κ2) is 2.04. The fourth-order valence-electron chi connectivity index (χ4n) is 0.823. The molecule has 2 heteroatoms. The molecular formula is C5H8BBr. The molecule has 38 valence electrons. The first kappa shape index (κ1) is 5.42. The minimum Gasteiger partial charge on any atom is -0.0922 e. The molecule has 0 spiro atoms. The number of alkyl halides is 1. The molecule has 0 N–H and O–H groups in total. The van der Waals surface area contributed by atoms with Crippen LogP contribution < -0.4 is 0 Å². The van der Waals surface area contributed by atoms with Crippen molar-refractivity contribution in [3.8, 4) is 0 Å². The van der Waals surface area contributed by atoms with Gasteiger partial charge in [0.15, 0.2) is 0 Å². The normalized spacial score (nSPS) is 39.6. The molecule has 1 rings (SSSR count). The zero-order chi connectivity index (χ0) is 5.28. The monoisotopic (exact) mass is 158 g/mol. The second-order valence-electron chi connectivity index (χ2n) is 2.11. The summed E-state index contributed by atoms with van der Waals surface area (Å²) in [6, 6.07) is 0. The van der Waals surface area contributed by atoms with Gasteiger partial charge in [0, 0.05) is 4.83 Å². The first-order valence-electron chi connectivity index (χ1n) is 2.61. The number of allylic oxidation sites excluding steroid dienone is 2. The quantitative estimate of drug-likeness (QED) is 0.282. The summed E-state index contributed by atoms with van der Waals surface area (Å²) >= 11 is 3.49. The van der Waals surface area contributed by atoms with Gasteiger partial charge < -0.3 is 0 Å². The molecule has 0 fully saturated rings. The number of hydrogen-bond acceptors (Lipinski definition) is 0. The van der Waals surface area contributed by atoms with Crippen LogP contribution in [0.1, 0.15) is 6.42 Å². The lowest BCUT2D eigenvalue weighted by atomic mass is 9.88. The van der Waals surface area contributed by atoms with Gasteiger partial charge in [-0.2, -0.15) is 0 Å². The highest BCUT2D eigenvalue weighted by Gasteiger charge is 2.10. The minimum absolute atomic E-state index is 0.655. The van der Waals surface area contributed by atoms with Crippen molar-refractivity contribution in [3.05, 3.63) is 12.2 Å². The average molecular weight is 159 g/mol. The molecule has 0 amide bonds. The van der Waals surface area contributed by atoms with Crippen LogP contribution in [0.4, 0.5) is 0 Å². The van der Waals surface area contributed by atoms with Crippen molar-refractivity contribution >= 4 is 23.8 Å². The lowest BCUT2D eigenvalue weighted by Crippen LogP contribution is -1.87. The zero-order valence-electron chi connectivity index (χ0n) is 4.39. The van der Waals surface area contributed by atoms with Crippen molar-refractivity contribution in [2.45, 2.75) is 17.1 Å². The third-order valence-electron chi connectivity index (χ3n) is 1.25. The van der Waals surface area contributed by atoms with Crippen LogP contribution in [-0.4, -0.2) is 12.7 Å². The van der Waals surface area contributed by atoms with Crippen LogP contribution in [0.3, 0.4) is 0 Å². The molecule has 0 heterocycles. The van der Waals surface area contributed by atoms with E-state index in [-0.39, 0.29) is 0 Å². The standard InChI is InChI=1S/C5H8BBr/c6-4-1-2-5(7)3-4/h1-2,4-5H,3,6H2/t4-,5+/m0/s1. The molecule has 0 saturated carbocycles. The molecule has 1 aliphatic rings. The van der Waals surface area contributed by atoms with Crippen molar-refractivity contribution in [1.29, 1.82) is 0 Å². The van der Waals surface area contributed by atoms with Crippen LogP contribution in [0, 0.1) is 0 Å². The Bertz CT molecular complexity index is 80.1. The molecule has 7 heavy (non-hydrogen) atoms. The van der Waals surface area contributed by atoms with Gasteiger partial charge in [-0.25, -0.2) is 0 Å². The molecule has 2 atom stereocenters. The third-order valence-corrected chi connectivity index (χ3v) is 1.92. The van der Waals surface area contributed by atoms with Crippen molar-refractivity contribution in [2.24, 2.45) is 0 Å². The highest BCUT2D eigenvalue weighted by Crippen LogP contribution is 2.24. The van der Waals surface area contributed by atoms with Crippen molar-refractivity contribution in [2.75, 3.05) is 0 Å². The van der Waals surface area contributed by atoms with Crippen LogP contribution in [0.2, 0.25) is 5.82 Å². The van der Waals surface area contributed by atoms with Crippen molar-refractivity contribution in [3.63, 3.8) is 0 Å². The summed E-state index contributed by atoms with van der Waals surface area (Å²) in [6.07, 6.45) is 5.74. The Morgan fingerprint density at radius 2 is 2.29 bits per heavy atom. The molecule has 0 aromatic carbocycles. The number of rotatable bonds is 0.